The van der Waals surface area contributed by atoms with Gasteiger partial charge >= 0.3 is 5.97 Å². The summed E-state index contributed by atoms with van der Waals surface area (Å²) < 4.78 is 0.805. The maximum Gasteiger partial charge on any atom is 0.355 e. The Morgan fingerprint density at radius 1 is 1.73 bits per heavy atom. The summed E-state index contributed by atoms with van der Waals surface area (Å²) in [6.45, 7) is 1.76. The monoisotopic (exact) mass is 189 g/mol. The van der Waals surface area contributed by atoms with Gasteiger partial charge in [-0.25, -0.2) is 9.78 Å². The summed E-state index contributed by atoms with van der Waals surface area (Å²) in [4.78, 5) is 15.2. The third-order valence-electron chi connectivity index (χ3n) is 1.15. The van der Waals surface area contributed by atoms with Crippen LogP contribution in [0.25, 0.3) is 0 Å². The fourth-order valence-corrected chi connectivity index (χ4v) is 2.18. The van der Waals surface area contributed by atoms with Gasteiger partial charge in [-0.15, -0.1) is 11.3 Å². The largest absolute Gasteiger partial charge is 0.476 e. The Morgan fingerprint density at radius 3 is 2.64 bits per heavy atom. The van der Waals surface area contributed by atoms with Gasteiger partial charge in [0, 0.05) is 4.88 Å². The molecule has 1 N–H and O–H groups in total. The topological polar surface area (TPSA) is 50.2 Å². The van der Waals surface area contributed by atoms with Gasteiger partial charge < -0.3 is 5.11 Å². The van der Waals surface area contributed by atoms with Gasteiger partial charge in [0.05, 0.1) is 0 Å². The van der Waals surface area contributed by atoms with Crippen LogP contribution in [0.5, 0.6) is 0 Å². The second kappa shape index (κ2) is 3.23. The second-order valence-electron chi connectivity index (χ2n) is 1.89. The number of hydrogen-bond acceptors (Lipinski definition) is 4. The first-order valence-corrected chi connectivity index (χ1v) is 4.94. The SMILES string of the molecule is CSc1nc(C(=O)O)c(C)s1. The molecule has 0 fully saturated rings. The van der Waals surface area contributed by atoms with Crippen LogP contribution in [0.2, 0.25) is 0 Å². The van der Waals surface area contributed by atoms with Crippen molar-refractivity contribution < 1.29 is 9.90 Å². The molecule has 11 heavy (non-hydrogen) atoms. The van der Waals surface area contributed by atoms with Crippen LogP contribution in [-0.2, 0) is 0 Å². The van der Waals surface area contributed by atoms with E-state index in [9.17, 15) is 4.79 Å². The Morgan fingerprint density at radius 2 is 2.36 bits per heavy atom. The van der Waals surface area contributed by atoms with Crippen LogP contribution in [0.3, 0.4) is 0 Å². The third-order valence-corrected chi connectivity index (χ3v) is 3.11. The van der Waals surface area contributed by atoms with Gasteiger partial charge in [0.15, 0.2) is 10.0 Å². The molecule has 0 spiro atoms. The molecular formula is C6H7NO2S2. The van der Waals surface area contributed by atoms with E-state index in [0.717, 1.165) is 9.22 Å². The van der Waals surface area contributed by atoms with E-state index in [1.165, 1.54) is 23.1 Å². The van der Waals surface area contributed by atoms with E-state index in [0.29, 0.717) is 0 Å². The highest BCUT2D eigenvalue weighted by Crippen LogP contribution is 2.24. The molecule has 0 aliphatic heterocycles. The molecule has 1 aromatic rings. The van der Waals surface area contributed by atoms with Gasteiger partial charge in [-0.3, -0.25) is 0 Å². The van der Waals surface area contributed by atoms with Gasteiger partial charge in [-0.2, -0.15) is 0 Å². The fraction of sp³-hybridized carbons (Fsp3) is 0.333. The van der Waals surface area contributed by atoms with E-state index in [4.69, 9.17) is 5.11 Å². The lowest BCUT2D eigenvalue weighted by Crippen LogP contribution is -1.97. The van der Waals surface area contributed by atoms with Crippen molar-refractivity contribution in [1.29, 1.82) is 0 Å². The minimum atomic E-state index is -0.945. The lowest BCUT2D eigenvalue weighted by atomic mass is 10.4. The number of thiazole rings is 1. The second-order valence-corrected chi connectivity index (χ2v) is 4.15. The number of aromatic carboxylic acids is 1. The van der Waals surface area contributed by atoms with E-state index >= 15 is 0 Å². The number of carboxylic acid groups (broad SMARTS) is 1. The molecule has 0 saturated carbocycles. The van der Waals surface area contributed by atoms with Gasteiger partial charge in [-0.1, -0.05) is 11.8 Å². The van der Waals surface area contributed by atoms with Crippen molar-refractivity contribution in [1.82, 2.24) is 4.98 Å². The van der Waals surface area contributed by atoms with Gasteiger partial charge in [0.2, 0.25) is 0 Å². The molecule has 1 heterocycles. The Labute approximate surface area is 72.5 Å². The first-order chi connectivity index (χ1) is 5.15. The summed E-state index contributed by atoms with van der Waals surface area (Å²) in [6, 6.07) is 0. The quantitative estimate of drug-likeness (QED) is 0.721. The Kier molecular flexibility index (Phi) is 2.51. The highest BCUT2D eigenvalue weighted by Gasteiger charge is 2.12. The molecule has 0 unspecified atom stereocenters. The first-order valence-electron chi connectivity index (χ1n) is 2.90. The normalized spacial score (nSPS) is 10.0. The number of carboxylic acids is 1. The molecule has 5 heteroatoms. The van der Waals surface area contributed by atoms with Crippen molar-refractivity contribution in [2.45, 2.75) is 11.3 Å². The zero-order chi connectivity index (χ0) is 8.43. The van der Waals surface area contributed by atoms with Crippen molar-refractivity contribution in [3.8, 4) is 0 Å². The fourth-order valence-electron chi connectivity index (χ4n) is 0.658. The van der Waals surface area contributed by atoms with Crippen LogP contribution in [-0.4, -0.2) is 22.3 Å². The summed E-state index contributed by atoms with van der Waals surface area (Å²) in [5, 5.41) is 8.61. The van der Waals surface area contributed by atoms with E-state index in [1.54, 1.807) is 6.92 Å². The molecule has 0 atom stereocenters. The molecule has 0 aliphatic rings. The van der Waals surface area contributed by atoms with Gasteiger partial charge in [0.1, 0.15) is 0 Å². The molecule has 1 aromatic heterocycles. The minimum absolute atomic E-state index is 0.180. The van der Waals surface area contributed by atoms with Crippen molar-refractivity contribution in [3.63, 3.8) is 0 Å². The van der Waals surface area contributed by atoms with Crippen molar-refractivity contribution in [2.24, 2.45) is 0 Å². The summed E-state index contributed by atoms with van der Waals surface area (Å²) in [7, 11) is 0. The van der Waals surface area contributed by atoms with Crippen molar-refractivity contribution in [2.75, 3.05) is 6.26 Å². The smallest absolute Gasteiger partial charge is 0.355 e. The number of carbonyl (C=O) groups is 1. The molecule has 1 rings (SSSR count). The lowest BCUT2D eigenvalue weighted by molar-refractivity contribution is 0.0690. The minimum Gasteiger partial charge on any atom is -0.476 e. The van der Waals surface area contributed by atoms with E-state index < -0.39 is 5.97 Å². The summed E-state index contributed by atoms with van der Waals surface area (Å²) in [5.41, 5.74) is 0.180. The average Bonchev–Trinajstić information content (AvgIpc) is 2.30. The molecule has 0 radical (unpaired) electrons. The highest BCUT2D eigenvalue weighted by atomic mass is 32.2. The zero-order valence-corrected chi connectivity index (χ0v) is 7.75. The number of aryl methyl sites for hydroxylation is 1. The van der Waals surface area contributed by atoms with E-state index in [2.05, 4.69) is 4.98 Å². The predicted molar refractivity (Wildman–Crippen MR) is 45.6 cm³/mol. The molecule has 0 amide bonds. The van der Waals surface area contributed by atoms with Crippen molar-refractivity contribution >= 4 is 29.1 Å². The van der Waals surface area contributed by atoms with Gasteiger partial charge in [-0.05, 0) is 13.2 Å². The zero-order valence-electron chi connectivity index (χ0n) is 6.12. The number of thioether (sulfide) groups is 1. The van der Waals surface area contributed by atoms with Crippen LogP contribution in [0.4, 0.5) is 0 Å². The van der Waals surface area contributed by atoms with Crippen LogP contribution in [0, 0.1) is 6.92 Å². The third kappa shape index (κ3) is 1.72. The van der Waals surface area contributed by atoms with Crippen molar-refractivity contribution in [3.05, 3.63) is 10.6 Å². The van der Waals surface area contributed by atoms with Crippen LogP contribution < -0.4 is 0 Å². The number of rotatable bonds is 2. The molecule has 0 aliphatic carbocycles. The maximum absolute atomic E-state index is 10.5. The van der Waals surface area contributed by atoms with Crippen LogP contribution >= 0.6 is 23.1 Å². The summed E-state index contributed by atoms with van der Waals surface area (Å²) in [6.07, 6.45) is 1.88. The first kappa shape index (κ1) is 8.55. The molecule has 60 valence electrons. The summed E-state index contributed by atoms with van der Waals surface area (Å²) in [5.74, 6) is -0.945. The summed E-state index contributed by atoms with van der Waals surface area (Å²) >= 11 is 2.88. The standard InChI is InChI=1S/C6H7NO2S2/c1-3-4(5(8)9)7-6(10-2)11-3/h1-2H3,(H,8,9). The molecule has 0 saturated heterocycles. The molecular weight excluding hydrogens is 182 g/mol. The maximum atomic E-state index is 10.5. The Bertz CT molecular complexity index is 282. The number of hydrogen-bond donors (Lipinski definition) is 1. The number of nitrogens with zero attached hydrogens (tertiary/aromatic N) is 1. The van der Waals surface area contributed by atoms with Crippen LogP contribution in [0.15, 0.2) is 4.34 Å². The number of aromatic nitrogens is 1. The average molecular weight is 189 g/mol. The molecule has 0 aromatic carbocycles. The highest BCUT2D eigenvalue weighted by molar-refractivity contribution is 8.00. The predicted octanol–water partition coefficient (Wildman–Crippen LogP) is 1.87. The lowest BCUT2D eigenvalue weighted by Gasteiger charge is -1.84. The molecule has 3 nitrogen and oxygen atoms in total. The Balaban J connectivity index is 3.07. The van der Waals surface area contributed by atoms with E-state index in [1.807, 2.05) is 6.26 Å². The van der Waals surface area contributed by atoms with Crippen LogP contribution in [0.1, 0.15) is 15.4 Å². The van der Waals surface area contributed by atoms with Gasteiger partial charge in [0.25, 0.3) is 0 Å². The van der Waals surface area contributed by atoms with E-state index in [-0.39, 0.29) is 5.69 Å². The molecule has 0 bridgehead atoms. The Hall–Kier alpha value is -0.550.